The van der Waals surface area contributed by atoms with Crippen LogP contribution in [-0.4, -0.2) is 11.7 Å². The van der Waals surface area contributed by atoms with Gasteiger partial charge in [0, 0.05) is 23.5 Å². The minimum atomic E-state index is 0.225. The fourth-order valence-electron chi connectivity index (χ4n) is 3.46. The standard InChI is InChI=1S/C21H18O2/c22-17-11-12-18-20(13-17)23-14-19(15-7-3-1-4-8-15)21(18)16-9-5-2-6-10-16/h1-13,19,21-22H,14H2. The van der Waals surface area contributed by atoms with Crippen molar-refractivity contribution in [2.45, 2.75) is 11.8 Å². The van der Waals surface area contributed by atoms with Gasteiger partial charge in [0.1, 0.15) is 11.5 Å². The molecule has 1 N–H and O–H groups in total. The molecule has 0 amide bonds. The van der Waals surface area contributed by atoms with E-state index in [1.54, 1.807) is 12.1 Å². The fourth-order valence-corrected chi connectivity index (χ4v) is 3.46. The summed E-state index contributed by atoms with van der Waals surface area (Å²) in [6.45, 7) is 0.611. The molecule has 2 heteroatoms. The Morgan fingerprint density at radius 3 is 2.13 bits per heavy atom. The van der Waals surface area contributed by atoms with E-state index < -0.39 is 0 Å². The predicted molar refractivity (Wildman–Crippen MR) is 91.1 cm³/mol. The number of hydrogen-bond donors (Lipinski definition) is 1. The maximum Gasteiger partial charge on any atom is 0.126 e. The number of rotatable bonds is 2. The number of phenols is 1. The lowest BCUT2D eigenvalue weighted by molar-refractivity contribution is 0.248. The maximum atomic E-state index is 9.75. The fraction of sp³-hybridized carbons (Fsp3) is 0.143. The van der Waals surface area contributed by atoms with Crippen molar-refractivity contribution >= 4 is 0 Å². The van der Waals surface area contributed by atoms with E-state index >= 15 is 0 Å². The molecule has 0 saturated heterocycles. The first-order valence-electron chi connectivity index (χ1n) is 7.88. The summed E-state index contributed by atoms with van der Waals surface area (Å²) in [4.78, 5) is 0. The zero-order chi connectivity index (χ0) is 15.6. The Balaban J connectivity index is 1.86. The Morgan fingerprint density at radius 2 is 1.43 bits per heavy atom. The third-order valence-corrected chi connectivity index (χ3v) is 4.54. The molecular formula is C21H18O2. The van der Waals surface area contributed by atoms with Crippen LogP contribution in [0.15, 0.2) is 78.9 Å². The van der Waals surface area contributed by atoms with Crippen LogP contribution in [-0.2, 0) is 0 Å². The number of ether oxygens (including phenoxy) is 1. The minimum absolute atomic E-state index is 0.225. The van der Waals surface area contributed by atoms with E-state index in [0.717, 1.165) is 11.3 Å². The van der Waals surface area contributed by atoms with Gasteiger partial charge in [-0.3, -0.25) is 0 Å². The summed E-state index contributed by atoms with van der Waals surface area (Å²) in [6.07, 6.45) is 0. The molecule has 0 aliphatic carbocycles. The second-order valence-electron chi connectivity index (χ2n) is 5.94. The van der Waals surface area contributed by atoms with Gasteiger partial charge >= 0.3 is 0 Å². The number of hydrogen-bond acceptors (Lipinski definition) is 2. The highest BCUT2D eigenvalue weighted by Crippen LogP contribution is 2.46. The van der Waals surface area contributed by atoms with E-state index in [9.17, 15) is 5.11 Å². The molecule has 0 fully saturated rings. The summed E-state index contributed by atoms with van der Waals surface area (Å²) in [5, 5.41) is 9.75. The first-order chi connectivity index (χ1) is 11.3. The summed E-state index contributed by atoms with van der Waals surface area (Å²) in [6, 6.07) is 26.5. The summed E-state index contributed by atoms with van der Waals surface area (Å²) >= 11 is 0. The van der Waals surface area contributed by atoms with Gasteiger partial charge in [-0.05, 0) is 17.2 Å². The summed E-state index contributed by atoms with van der Waals surface area (Å²) < 4.78 is 5.96. The zero-order valence-electron chi connectivity index (χ0n) is 12.7. The summed E-state index contributed by atoms with van der Waals surface area (Å²) in [7, 11) is 0. The molecule has 0 aromatic heterocycles. The Kier molecular flexibility index (Phi) is 3.51. The highest BCUT2D eigenvalue weighted by atomic mass is 16.5. The van der Waals surface area contributed by atoms with Gasteiger partial charge in [0.15, 0.2) is 0 Å². The van der Waals surface area contributed by atoms with Crippen LogP contribution in [0.25, 0.3) is 0 Å². The van der Waals surface area contributed by atoms with E-state index in [0.29, 0.717) is 6.61 Å². The lowest BCUT2D eigenvalue weighted by Gasteiger charge is -2.34. The molecule has 1 heterocycles. The molecule has 1 aliphatic heterocycles. The lowest BCUT2D eigenvalue weighted by atomic mass is 9.76. The third kappa shape index (κ3) is 2.57. The van der Waals surface area contributed by atoms with Crippen LogP contribution >= 0.6 is 0 Å². The van der Waals surface area contributed by atoms with Crippen LogP contribution < -0.4 is 4.74 Å². The van der Waals surface area contributed by atoms with Gasteiger partial charge in [0.25, 0.3) is 0 Å². The van der Waals surface area contributed by atoms with Crippen LogP contribution in [0.3, 0.4) is 0 Å². The topological polar surface area (TPSA) is 29.5 Å². The third-order valence-electron chi connectivity index (χ3n) is 4.54. The number of benzene rings is 3. The van der Waals surface area contributed by atoms with Crippen molar-refractivity contribution in [2.24, 2.45) is 0 Å². The lowest BCUT2D eigenvalue weighted by Crippen LogP contribution is -2.25. The van der Waals surface area contributed by atoms with Gasteiger partial charge in [-0.2, -0.15) is 0 Å². The molecule has 3 aromatic rings. The van der Waals surface area contributed by atoms with Crippen LogP contribution in [0.5, 0.6) is 11.5 Å². The Hall–Kier alpha value is -2.74. The number of fused-ring (bicyclic) bond motifs is 1. The summed E-state index contributed by atoms with van der Waals surface area (Å²) in [5.74, 6) is 1.51. The van der Waals surface area contributed by atoms with E-state index in [2.05, 4.69) is 48.5 Å². The maximum absolute atomic E-state index is 9.75. The highest BCUT2D eigenvalue weighted by Gasteiger charge is 2.33. The molecule has 0 saturated carbocycles. The Morgan fingerprint density at radius 1 is 0.783 bits per heavy atom. The molecule has 0 bridgehead atoms. The van der Waals surface area contributed by atoms with Gasteiger partial charge < -0.3 is 9.84 Å². The molecular weight excluding hydrogens is 284 g/mol. The number of aromatic hydroxyl groups is 1. The SMILES string of the molecule is Oc1ccc2c(c1)OCC(c1ccccc1)C2c1ccccc1. The van der Waals surface area contributed by atoms with E-state index in [1.807, 2.05) is 18.2 Å². The minimum Gasteiger partial charge on any atom is -0.508 e. The van der Waals surface area contributed by atoms with Crippen molar-refractivity contribution < 1.29 is 9.84 Å². The largest absolute Gasteiger partial charge is 0.508 e. The molecule has 0 radical (unpaired) electrons. The van der Waals surface area contributed by atoms with Crippen LogP contribution in [0.2, 0.25) is 0 Å². The van der Waals surface area contributed by atoms with Gasteiger partial charge in [-0.25, -0.2) is 0 Å². The molecule has 2 atom stereocenters. The summed E-state index contributed by atoms with van der Waals surface area (Å²) in [5.41, 5.74) is 3.69. The molecule has 1 aliphatic rings. The van der Waals surface area contributed by atoms with Gasteiger partial charge in [0.05, 0.1) is 6.61 Å². The second kappa shape index (κ2) is 5.81. The quantitative estimate of drug-likeness (QED) is 0.743. The molecule has 2 nitrogen and oxygen atoms in total. The van der Waals surface area contributed by atoms with Crippen molar-refractivity contribution in [3.63, 3.8) is 0 Å². The van der Waals surface area contributed by atoms with Gasteiger partial charge in [0.2, 0.25) is 0 Å². The van der Waals surface area contributed by atoms with Crippen molar-refractivity contribution in [3.8, 4) is 11.5 Å². The monoisotopic (exact) mass is 302 g/mol. The molecule has 0 spiro atoms. The smallest absolute Gasteiger partial charge is 0.126 e. The normalized spacial score (nSPS) is 19.7. The van der Waals surface area contributed by atoms with Gasteiger partial charge in [-0.15, -0.1) is 0 Å². The van der Waals surface area contributed by atoms with E-state index in [-0.39, 0.29) is 17.6 Å². The molecule has 2 unspecified atom stereocenters. The van der Waals surface area contributed by atoms with Crippen LogP contribution in [0.1, 0.15) is 28.5 Å². The Bertz CT molecular complexity index is 797. The van der Waals surface area contributed by atoms with Crippen molar-refractivity contribution in [1.82, 2.24) is 0 Å². The van der Waals surface area contributed by atoms with Crippen molar-refractivity contribution in [1.29, 1.82) is 0 Å². The molecule has 3 aromatic carbocycles. The van der Waals surface area contributed by atoms with Crippen LogP contribution in [0, 0.1) is 0 Å². The molecule has 23 heavy (non-hydrogen) atoms. The molecule has 4 rings (SSSR count). The van der Waals surface area contributed by atoms with Crippen molar-refractivity contribution in [2.75, 3.05) is 6.61 Å². The first-order valence-corrected chi connectivity index (χ1v) is 7.88. The average molecular weight is 302 g/mol. The highest BCUT2D eigenvalue weighted by molar-refractivity contribution is 5.50. The Labute approximate surface area is 136 Å². The van der Waals surface area contributed by atoms with Crippen molar-refractivity contribution in [3.05, 3.63) is 95.6 Å². The van der Waals surface area contributed by atoms with E-state index in [1.165, 1.54) is 11.1 Å². The second-order valence-corrected chi connectivity index (χ2v) is 5.94. The van der Waals surface area contributed by atoms with Gasteiger partial charge in [-0.1, -0.05) is 66.7 Å². The number of phenolic OH excluding ortho intramolecular Hbond substituents is 1. The van der Waals surface area contributed by atoms with E-state index in [4.69, 9.17) is 4.74 Å². The predicted octanol–water partition coefficient (Wildman–Crippen LogP) is 4.70. The van der Waals surface area contributed by atoms with Crippen LogP contribution in [0.4, 0.5) is 0 Å². The first kappa shape index (κ1) is 13.9. The zero-order valence-corrected chi connectivity index (χ0v) is 12.7. The molecule has 114 valence electrons. The average Bonchev–Trinajstić information content (AvgIpc) is 2.62.